The second kappa shape index (κ2) is 11.8. The third-order valence-corrected chi connectivity index (χ3v) is 7.74. The maximum absolute atomic E-state index is 10.6. The summed E-state index contributed by atoms with van der Waals surface area (Å²) in [6.07, 6.45) is 7.99. The van der Waals surface area contributed by atoms with E-state index >= 15 is 0 Å². The van der Waals surface area contributed by atoms with Gasteiger partial charge in [0, 0.05) is 31.6 Å². The van der Waals surface area contributed by atoms with Crippen molar-refractivity contribution >= 4 is 18.9 Å². The number of nitrogens with zero attached hydrogens (tertiary/aromatic N) is 2. The standard InChI is InChI=1S/C16H32N2O6SSi/c1-4-22-26(23-5-2,24-6-3)15-8-7-10-17-12-13-18(16-17)11-9-14-25(19,20)21/h12-13,16H,4-11,14-15H2,1-3H3. The van der Waals surface area contributed by atoms with Crippen LogP contribution in [0.5, 0.6) is 0 Å². The second-order valence-corrected chi connectivity index (χ2v) is 10.2. The van der Waals surface area contributed by atoms with E-state index in [1.165, 1.54) is 0 Å². The molecule has 0 bridgehead atoms. The first kappa shape index (κ1) is 23.3. The summed E-state index contributed by atoms with van der Waals surface area (Å²) in [6.45, 7) is 8.99. The van der Waals surface area contributed by atoms with Gasteiger partial charge in [-0.1, -0.05) is 0 Å². The molecule has 0 unspecified atom stereocenters. The predicted molar refractivity (Wildman–Crippen MR) is 98.5 cm³/mol. The van der Waals surface area contributed by atoms with Crippen LogP contribution < -0.4 is 4.57 Å². The molecule has 152 valence electrons. The van der Waals surface area contributed by atoms with Gasteiger partial charge in [0.15, 0.2) is 0 Å². The van der Waals surface area contributed by atoms with Gasteiger partial charge in [0.1, 0.15) is 12.4 Å². The first-order chi connectivity index (χ1) is 12.3. The average Bonchev–Trinajstić information content (AvgIpc) is 2.99. The molecular formula is C16H32N2O6SSi. The zero-order chi connectivity index (χ0) is 19.5. The smallest absolute Gasteiger partial charge is 0.500 e. The van der Waals surface area contributed by atoms with Crippen LogP contribution in [0, 0.1) is 0 Å². The van der Waals surface area contributed by atoms with Gasteiger partial charge in [-0.25, -0.2) is 17.6 Å². The fourth-order valence-corrected chi connectivity index (χ4v) is 5.93. The fraction of sp³-hybridized carbons (Fsp3) is 0.812. The van der Waals surface area contributed by atoms with Crippen LogP contribution >= 0.6 is 0 Å². The van der Waals surface area contributed by atoms with E-state index in [-0.39, 0.29) is 5.75 Å². The number of unbranched alkanes of at least 4 members (excludes halogenated alkanes) is 1. The largest absolute Gasteiger partial charge is 0.748 e. The SMILES string of the molecule is CCO[Si](CCCCn1cc[n+](CCCS(=O)(=O)[O-])c1)(OCC)OCC. The van der Waals surface area contributed by atoms with Crippen molar-refractivity contribution in [2.75, 3.05) is 25.6 Å². The lowest BCUT2D eigenvalue weighted by atomic mass is 10.3. The molecule has 26 heavy (non-hydrogen) atoms. The lowest BCUT2D eigenvalue weighted by molar-refractivity contribution is -0.696. The Balaban J connectivity index is 2.40. The highest BCUT2D eigenvalue weighted by Gasteiger charge is 2.39. The normalized spacial score (nSPS) is 12.6. The van der Waals surface area contributed by atoms with Gasteiger partial charge < -0.3 is 17.8 Å². The summed E-state index contributed by atoms with van der Waals surface area (Å²) in [6, 6.07) is 0.797. The van der Waals surface area contributed by atoms with Crippen LogP contribution in [0.1, 0.15) is 40.0 Å². The van der Waals surface area contributed by atoms with Crippen molar-refractivity contribution in [1.82, 2.24) is 4.57 Å². The van der Waals surface area contributed by atoms with Gasteiger partial charge in [0.25, 0.3) is 0 Å². The molecular weight excluding hydrogens is 376 g/mol. The first-order valence-electron chi connectivity index (χ1n) is 9.24. The highest BCUT2D eigenvalue weighted by atomic mass is 32.2. The molecule has 0 saturated carbocycles. The fourth-order valence-electron chi connectivity index (χ4n) is 2.76. The Morgan fingerprint density at radius 3 is 2.19 bits per heavy atom. The van der Waals surface area contributed by atoms with Crippen LogP contribution in [0.15, 0.2) is 18.7 Å². The average molecular weight is 409 g/mol. The molecule has 0 spiro atoms. The van der Waals surface area contributed by atoms with E-state index in [1.54, 1.807) is 0 Å². The summed E-state index contributed by atoms with van der Waals surface area (Å²) in [4.78, 5) is 0. The van der Waals surface area contributed by atoms with E-state index in [0.29, 0.717) is 32.8 Å². The molecule has 0 aliphatic heterocycles. The minimum atomic E-state index is -4.14. The molecule has 8 nitrogen and oxygen atoms in total. The maximum atomic E-state index is 10.6. The van der Waals surface area contributed by atoms with Crippen LogP contribution in [-0.4, -0.2) is 51.9 Å². The molecule has 1 aromatic heterocycles. The van der Waals surface area contributed by atoms with E-state index in [9.17, 15) is 13.0 Å². The number of hydrogen-bond donors (Lipinski definition) is 0. The van der Waals surface area contributed by atoms with Gasteiger partial charge >= 0.3 is 8.80 Å². The van der Waals surface area contributed by atoms with Crippen molar-refractivity contribution in [2.24, 2.45) is 0 Å². The van der Waals surface area contributed by atoms with Crippen LogP contribution in [-0.2, 0) is 36.5 Å². The van der Waals surface area contributed by atoms with Crippen LogP contribution in [0.25, 0.3) is 0 Å². The van der Waals surface area contributed by atoms with E-state index in [0.717, 1.165) is 25.4 Å². The molecule has 0 amide bonds. The van der Waals surface area contributed by atoms with Gasteiger partial charge in [-0.15, -0.1) is 0 Å². The molecule has 0 saturated heterocycles. The predicted octanol–water partition coefficient (Wildman–Crippen LogP) is 1.54. The summed E-state index contributed by atoms with van der Waals surface area (Å²) in [5.41, 5.74) is 0. The van der Waals surface area contributed by atoms with Crippen LogP contribution in [0.4, 0.5) is 0 Å². The van der Waals surface area contributed by atoms with E-state index in [4.69, 9.17) is 13.3 Å². The summed E-state index contributed by atoms with van der Waals surface area (Å²) < 4.78 is 53.4. The van der Waals surface area contributed by atoms with Crippen molar-refractivity contribution < 1.29 is 30.8 Å². The first-order valence-corrected chi connectivity index (χ1v) is 12.7. The monoisotopic (exact) mass is 408 g/mol. The quantitative estimate of drug-likeness (QED) is 0.189. The number of aryl methyl sites for hydroxylation is 2. The van der Waals surface area contributed by atoms with Gasteiger partial charge in [0.05, 0.1) is 23.2 Å². The maximum Gasteiger partial charge on any atom is 0.500 e. The molecule has 0 aliphatic rings. The Morgan fingerprint density at radius 2 is 1.65 bits per heavy atom. The van der Waals surface area contributed by atoms with Gasteiger partial charge in [-0.3, -0.25) is 0 Å². The zero-order valence-corrected chi connectivity index (χ0v) is 17.9. The van der Waals surface area contributed by atoms with Crippen molar-refractivity contribution in [3.8, 4) is 0 Å². The third kappa shape index (κ3) is 9.24. The Bertz CT molecular complexity index is 591. The Labute approximate surface area is 158 Å². The second-order valence-electron chi connectivity index (χ2n) is 5.94. The summed E-state index contributed by atoms with van der Waals surface area (Å²) in [5.74, 6) is -0.329. The van der Waals surface area contributed by atoms with Crippen molar-refractivity contribution in [1.29, 1.82) is 0 Å². The lowest BCUT2D eigenvalue weighted by Crippen LogP contribution is -2.45. The van der Waals surface area contributed by atoms with Crippen molar-refractivity contribution in [2.45, 2.75) is 59.2 Å². The van der Waals surface area contributed by atoms with Crippen LogP contribution in [0.3, 0.4) is 0 Å². The molecule has 1 aromatic rings. The molecule has 0 aliphatic carbocycles. The number of aromatic nitrogens is 2. The number of rotatable bonds is 15. The highest BCUT2D eigenvalue weighted by molar-refractivity contribution is 7.85. The van der Waals surface area contributed by atoms with Gasteiger partial charge in [0.2, 0.25) is 6.33 Å². The zero-order valence-electron chi connectivity index (χ0n) is 16.1. The molecule has 1 heterocycles. The Hall–Kier alpha value is -0.783. The van der Waals surface area contributed by atoms with Crippen molar-refractivity contribution in [3.05, 3.63) is 18.7 Å². The van der Waals surface area contributed by atoms with Crippen molar-refractivity contribution in [3.63, 3.8) is 0 Å². The van der Waals surface area contributed by atoms with E-state index in [2.05, 4.69) is 4.57 Å². The topological polar surface area (TPSA) is 93.7 Å². The minimum absolute atomic E-state index is 0.325. The van der Waals surface area contributed by atoms with Gasteiger partial charge in [-0.05, 0) is 40.0 Å². The minimum Gasteiger partial charge on any atom is -0.748 e. The molecule has 0 atom stereocenters. The highest BCUT2D eigenvalue weighted by Crippen LogP contribution is 2.19. The molecule has 10 heteroatoms. The number of imidazole rings is 1. The molecule has 1 rings (SSSR count). The molecule has 0 radical (unpaired) electrons. The Morgan fingerprint density at radius 1 is 1.04 bits per heavy atom. The third-order valence-electron chi connectivity index (χ3n) is 3.80. The Kier molecular flexibility index (Phi) is 10.6. The summed E-state index contributed by atoms with van der Waals surface area (Å²) in [5, 5.41) is 0. The molecule has 0 fully saturated rings. The summed E-state index contributed by atoms with van der Waals surface area (Å²) >= 11 is 0. The summed E-state index contributed by atoms with van der Waals surface area (Å²) in [7, 11) is -6.70. The van der Waals surface area contributed by atoms with E-state index in [1.807, 2.05) is 44.1 Å². The number of hydrogen-bond acceptors (Lipinski definition) is 6. The molecule has 0 N–H and O–H groups in total. The van der Waals surface area contributed by atoms with E-state index < -0.39 is 18.9 Å². The van der Waals surface area contributed by atoms with Gasteiger partial charge in [-0.2, -0.15) is 0 Å². The molecule has 0 aromatic carbocycles. The lowest BCUT2D eigenvalue weighted by Gasteiger charge is -2.28. The van der Waals surface area contributed by atoms with Crippen LogP contribution in [0.2, 0.25) is 6.04 Å².